The molecule has 0 saturated heterocycles. The van der Waals surface area contributed by atoms with Crippen LogP contribution in [0.15, 0.2) is 27.7 Å². The molecule has 74 valence electrons. The van der Waals surface area contributed by atoms with Gasteiger partial charge in [-0.1, -0.05) is 15.9 Å². The van der Waals surface area contributed by atoms with Crippen LogP contribution in [0.25, 0.3) is 0 Å². The third-order valence-electron chi connectivity index (χ3n) is 2.15. The lowest BCUT2D eigenvalue weighted by Gasteiger charge is -2.00. The molecule has 0 aliphatic heterocycles. The van der Waals surface area contributed by atoms with Gasteiger partial charge < -0.3 is 5.73 Å². The van der Waals surface area contributed by atoms with Crippen LogP contribution < -0.4 is 5.73 Å². The van der Waals surface area contributed by atoms with Crippen molar-refractivity contribution >= 4 is 27.5 Å². The normalized spacial score (nSPS) is 17.1. The van der Waals surface area contributed by atoms with E-state index < -0.39 is 0 Å². The minimum Gasteiger partial charge on any atom is -0.387 e. The van der Waals surface area contributed by atoms with Gasteiger partial charge in [0.05, 0.1) is 0 Å². The number of hydrogen-bond donors (Lipinski definition) is 1. The third-order valence-corrected chi connectivity index (χ3v) is 2.65. The molecule has 0 radical (unpaired) electrons. The molecule has 2 nitrogen and oxygen atoms in total. The fourth-order valence-corrected chi connectivity index (χ4v) is 1.53. The van der Waals surface area contributed by atoms with E-state index in [4.69, 9.17) is 5.73 Å². The molecule has 0 unspecified atom stereocenters. The van der Waals surface area contributed by atoms with Crippen molar-refractivity contribution in [1.82, 2.24) is 0 Å². The molecule has 2 rings (SSSR count). The Morgan fingerprint density at radius 3 is 2.86 bits per heavy atom. The lowest BCUT2D eigenvalue weighted by Crippen LogP contribution is -2.13. The predicted molar refractivity (Wildman–Crippen MR) is 58.1 cm³/mol. The SMILES string of the molecule is NC(=Nc1cc(Br)ccc1F)C1CC1. The zero-order valence-corrected chi connectivity index (χ0v) is 9.09. The summed E-state index contributed by atoms with van der Waals surface area (Å²) in [5, 5.41) is 0. The Morgan fingerprint density at radius 2 is 2.21 bits per heavy atom. The van der Waals surface area contributed by atoms with Gasteiger partial charge in [0, 0.05) is 10.4 Å². The first-order valence-corrected chi connectivity index (χ1v) is 5.25. The van der Waals surface area contributed by atoms with E-state index in [1.807, 2.05) is 0 Å². The number of hydrogen-bond acceptors (Lipinski definition) is 1. The first kappa shape index (κ1) is 9.65. The van der Waals surface area contributed by atoms with Gasteiger partial charge in [0.2, 0.25) is 0 Å². The van der Waals surface area contributed by atoms with E-state index in [0.717, 1.165) is 17.3 Å². The van der Waals surface area contributed by atoms with Crippen LogP contribution in [0.3, 0.4) is 0 Å². The smallest absolute Gasteiger partial charge is 0.148 e. The molecule has 0 heterocycles. The molecule has 0 spiro atoms. The average Bonchev–Trinajstić information content (AvgIpc) is 2.94. The number of nitrogens with zero attached hydrogens (tertiary/aromatic N) is 1. The third kappa shape index (κ3) is 2.12. The predicted octanol–water partition coefficient (Wildman–Crippen LogP) is 2.99. The van der Waals surface area contributed by atoms with E-state index >= 15 is 0 Å². The van der Waals surface area contributed by atoms with E-state index in [-0.39, 0.29) is 5.82 Å². The number of rotatable bonds is 2. The molecule has 14 heavy (non-hydrogen) atoms. The van der Waals surface area contributed by atoms with E-state index in [1.165, 1.54) is 6.07 Å². The zero-order chi connectivity index (χ0) is 10.1. The van der Waals surface area contributed by atoms with E-state index in [2.05, 4.69) is 20.9 Å². The first-order valence-electron chi connectivity index (χ1n) is 4.46. The van der Waals surface area contributed by atoms with Crippen molar-refractivity contribution in [3.63, 3.8) is 0 Å². The molecular formula is C10H10BrFN2. The first-order chi connectivity index (χ1) is 6.66. The molecule has 2 N–H and O–H groups in total. The van der Waals surface area contributed by atoms with Gasteiger partial charge in [-0.3, -0.25) is 0 Å². The number of halogens is 2. The van der Waals surface area contributed by atoms with Gasteiger partial charge in [0.1, 0.15) is 17.3 Å². The highest BCUT2D eigenvalue weighted by Gasteiger charge is 2.25. The van der Waals surface area contributed by atoms with E-state index in [0.29, 0.717) is 17.4 Å². The summed E-state index contributed by atoms with van der Waals surface area (Å²) in [5.41, 5.74) is 6.01. The second-order valence-electron chi connectivity index (χ2n) is 3.41. The summed E-state index contributed by atoms with van der Waals surface area (Å²) in [7, 11) is 0. The standard InChI is InChI=1S/C10H10BrFN2/c11-7-3-4-8(12)9(5-7)14-10(13)6-1-2-6/h3-6H,1-2H2,(H2,13,14). The van der Waals surface area contributed by atoms with Crippen LogP contribution in [0, 0.1) is 11.7 Å². The Bertz CT molecular complexity index is 386. The highest BCUT2D eigenvalue weighted by Crippen LogP contribution is 2.31. The lowest BCUT2D eigenvalue weighted by molar-refractivity contribution is 0.629. The Balaban J connectivity index is 2.30. The molecule has 0 atom stereocenters. The summed E-state index contributed by atoms with van der Waals surface area (Å²) < 4.78 is 14.0. The van der Waals surface area contributed by atoms with Crippen molar-refractivity contribution in [2.75, 3.05) is 0 Å². The highest BCUT2D eigenvalue weighted by atomic mass is 79.9. The van der Waals surface area contributed by atoms with E-state index in [1.54, 1.807) is 12.1 Å². The topological polar surface area (TPSA) is 38.4 Å². The van der Waals surface area contributed by atoms with Crippen molar-refractivity contribution in [1.29, 1.82) is 0 Å². The molecule has 0 aromatic heterocycles. The second kappa shape index (κ2) is 3.69. The van der Waals surface area contributed by atoms with Gasteiger partial charge >= 0.3 is 0 Å². The zero-order valence-electron chi connectivity index (χ0n) is 7.50. The quantitative estimate of drug-likeness (QED) is 0.642. The van der Waals surface area contributed by atoms with Gasteiger partial charge in [-0.05, 0) is 31.0 Å². The molecule has 1 aromatic rings. The van der Waals surface area contributed by atoms with Crippen molar-refractivity contribution in [2.45, 2.75) is 12.8 Å². The summed E-state index contributed by atoms with van der Waals surface area (Å²) in [5.74, 6) is 0.576. The Labute approximate surface area is 90.2 Å². The maximum atomic E-state index is 13.2. The maximum absolute atomic E-state index is 13.2. The fourth-order valence-electron chi connectivity index (χ4n) is 1.18. The van der Waals surface area contributed by atoms with Crippen LogP contribution in [0.2, 0.25) is 0 Å². The molecule has 1 saturated carbocycles. The number of nitrogens with two attached hydrogens (primary N) is 1. The second-order valence-corrected chi connectivity index (χ2v) is 4.32. The van der Waals surface area contributed by atoms with Gasteiger partial charge in [0.15, 0.2) is 0 Å². The minimum absolute atomic E-state index is 0.309. The average molecular weight is 257 g/mol. The van der Waals surface area contributed by atoms with Crippen molar-refractivity contribution < 1.29 is 4.39 Å². The molecule has 0 bridgehead atoms. The van der Waals surface area contributed by atoms with Crippen LogP contribution in [-0.2, 0) is 0 Å². The molecular weight excluding hydrogens is 247 g/mol. The minimum atomic E-state index is -0.336. The number of amidine groups is 1. The largest absolute Gasteiger partial charge is 0.387 e. The van der Waals surface area contributed by atoms with Crippen LogP contribution >= 0.6 is 15.9 Å². The summed E-state index contributed by atoms with van der Waals surface area (Å²) in [6, 6.07) is 4.65. The summed E-state index contributed by atoms with van der Waals surface area (Å²) in [4.78, 5) is 4.07. The van der Waals surface area contributed by atoms with Crippen molar-refractivity contribution in [3.8, 4) is 0 Å². The van der Waals surface area contributed by atoms with Crippen molar-refractivity contribution in [2.24, 2.45) is 16.6 Å². The maximum Gasteiger partial charge on any atom is 0.148 e. The molecule has 1 aromatic carbocycles. The monoisotopic (exact) mass is 256 g/mol. The lowest BCUT2D eigenvalue weighted by atomic mass is 10.3. The molecule has 1 fully saturated rings. The van der Waals surface area contributed by atoms with Crippen LogP contribution in [0.5, 0.6) is 0 Å². The Kier molecular flexibility index (Phi) is 2.54. The number of benzene rings is 1. The molecule has 0 amide bonds. The van der Waals surface area contributed by atoms with Gasteiger partial charge in [0.25, 0.3) is 0 Å². The summed E-state index contributed by atoms with van der Waals surface area (Å²) in [6.07, 6.45) is 2.15. The van der Waals surface area contributed by atoms with Gasteiger partial charge in [-0.25, -0.2) is 9.38 Å². The number of aliphatic imine (C=N–C) groups is 1. The Hall–Kier alpha value is -0.900. The van der Waals surface area contributed by atoms with Crippen LogP contribution in [-0.4, -0.2) is 5.84 Å². The fraction of sp³-hybridized carbons (Fsp3) is 0.300. The molecule has 1 aliphatic carbocycles. The molecule has 4 heteroatoms. The van der Waals surface area contributed by atoms with Crippen LogP contribution in [0.4, 0.5) is 10.1 Å². The Morgan fingerprint density at radius 1 is 1.50 bits per heavy atom. The summed E-state index contributed by atoms with van der Waals surface area (Å²) >= 11 is 3.26. The van der Waals surface area contributed by atoms with Gasteiger partial charge in [-0.2, -0.15) is 0 Å². The highest BCUT2D eigenvalue weighted by molar-refractivity contribution is 9.10. The molecule has 1 aliphatic rings. The van der Waals surface area contributed by atoms with E-state index in [9.17, 15) is 4.39 Å². The van der Waals surface area contributed by atoms with Crippen LogP contribution in [0.1, 0.15) is 12.8 Å². The summed E-state index contributed by atoms with van der Waals surface area (Å²) in [6.45, 7) is 0. The van der Waals surface area contributed by atoms with Crippen molar-refractivity contribution in [3.05, 3.63) is 28.5 Å². The van der Waals surface area contributed by atoms with Gasteiger partial charge in [-0.15, -0.1) is 0 Å².